The Bertz CT molecular complexity index is 2060. The van der Waals surface area contributed by atoms with Crippen LogP contribution in [-0.2, 0) is 39.4 Å². The van der Waals surface area contributed by atoms with Gasteiger partial charge in [0.25, 0.3) is 5.56 Å². The molecule has 4 aliphatic rings. The predicted octanol–water partition coefficient (Wildman–Crippen LogP) is 0.673. The first-order valence-corrected chi connectivity index (χ1v) is 19.6. The SMILES string of the molecule is Nc1nc2c(ncn2[C@@H]2S[C@H](CO)[C@H](F)[C@H]2OP(O)(=S)OC[C@@]23CC4(O[P+](=O)S)O[C@@H]([C@H](n5cnc6c(N)ncnc65)O2)[C@H]43)c(=O)[nH]1. The topological polar surface area (TPSA) is 263 Å². The second kappa shape index (κ2) is 11.1. The van der Waals surface area contributed by atoms with Gasteiger partial charge in [0.15, 0.2) is 28.9 Å². The van der Waals surface area contributed by atoms with E-state index in [0.717, 1.165) is 11.8 Å². The Morgan fingerprint density at radius 1 is 1.23 bits per heavy atom. The molecule has 0 bridgehead atoms. The van der Waals surface area contributed by atoms with E-state index in [2.05, 4.69) is 42.2 Å². The Hall–Kier alpha value is -2.40. The highest BCUT2D eigenvalue weighted by Crippen LogP contribution is 2.72. The maximum absolute atomic E-state index is 15.7. The van der Waals surface area contributed by atoms with Gasteiger partial charge in [-0.1, -0.05) is 0 Å². The number of hydrogen-bond donors (Lipinski definition) is 6. The summed E-state index contributed by atoms with van der Waals surface area (Å²) in [5, 5.41) is 7.90. The van der Waals surface area contributed by atoms with Crippen LogP contribution in [0.25, 0.3) is 22.3 Å². The Labute approximate surface area is 277 Å². The standard InChI is InChI=1S/C22H23FN10O9P2S3/c23-8-7(1-34)47-19(33-6-29-10-16(33)30-20(25)31-17(10)35)11(8)41-44(37,46)38-3-21-2-22(42-43(36)45)13(21)12(39-22)18(40-21)32-5-28-9-14(24)26-4-27-15(9)32/h4-8,11-13,18-19,34H,1-3H2,(H6-,24,25,26,27,30,31,35,36,37,45,46)/p+1/t7-,8+,11-,12-,13+,18-,19-,21-,22?,44?/m1/s1. The predicted molar refractivity (Wildman–Crippen MR) is 168 cm³/mol. The normalized spacial score (nSPS) is 35.8. The van der Waals surface area contributed by atoms with Crippen LogP contribution in [0.5, 0.6) is 0 Å². The fourth-order valence-electron chi connectivity index (χ4n) is 6.81. The van der Waals surface area contributed by atoms with E-state index >= 15 is 4.39 Å². The van der Waals surface area contributed by atoms with Gasteiger partial charge in [-0.15, -0.1) is 16.3 Å². The average molecular weight is 750 g/mol. The third kappa shape index (κ3) is 4.86. The lowest BCUT2D eigenvalue weighted by molar-refractivity contribution is -0.418. The lowest BCUT2D eigenvalue weighted by Gasteiger charge is -2.61. The van der Waals surface area contributed by atoms with Crippen molar-refractivity contribution in [2.45, 2.75) is 53.0 Å². The summed E-state index contributed by atoms with van der Waals surface area (Å²) < 4.78 is 60.3. The molecule has 4 aromatic rings. The van der Waals surface area contributed by atoms with Gasteiger partial charge in [0, 0.05) is 6.42 Å². The lowest BCUT2D eigenvalue weighted by atomic mass is 9.59. The molecule has 4 aromatic heterocycles. The van der Waals surface area contributed by atoms with Gasteiger partial charge in [0.2, 0.25) is 11.7 Å². The summed E-state index contributed by atoms with van der Waals surface area (Å²) in [6, 6.07) is 0. The van der Waals surface area contributed by atoms with Gasteiger partial charge in [-0.25, -0.2) is 24.3 Å². The number of nitrogens with two attached hydrogens (primary N) is 2. The number of aromatic amines is 1. The number of aromatic nitrogens is 8. The Morgan fingerprint density at radius 2 is 2.00 bits per heavy atom. The molecule has 0 amide bonds. The second-order valence-corrected chi connectivity index (χ2v) is 17.1. The zero-order valence-electron chi connectivity index (χ0n) is 23.5. The summed E-state index contributed by atoms with van der Waals surface area (Å²) in [6.07, 6.45) is -0.698. The number of nitrogens with one attached hydrogen (secondary N) is 1. The number of H-pyrrole nitrogens is 1. The highest BCUT2D eigenvalue weighted by Gasteiger charge is 2.85. The monoisotopic (exact) mass is 749 g/mol. The fraction of sp³-hybridized carbons (Fsp3) is 0.545. The Morgan fingerprint density at radius 3 is 2.77 bits per heavy atom. The van der Waals surface area contributed by atoms with Crippen LogP contribution in [0.4, 0.5) is 16.2 Å². The molecule has 1 saturated carbocycles. The fourth-order valence-corrected chi connectivity index (χ4v) is 10.6. The number of imidazole rings is 2. The van der Waals surface area contributed by atoms with Gasteiger partial charge in [-0.3, -0.25) is 23.4 Å². The summed E-state index contributed by atoms with van der Waals surface area (Å²) in [4.78, 5) is 46.6. The first kappa shape index (κ1) is 31.8. The number of thioether (sulfide) groups is 1. The number of nitrogen functional groups attached to an aromatic ring is 2. The minimum absolute atomic E-state index is 0.0290. The molecule has 19 nitrogen and oxygen atoms in total. The average Bonchev–Trinajstić information content (AvgIpc) is 3.71. The molecule has 250 valence electrons. The largest absolute Gasteiger partial charge is 0.585 e. The minimum Gasteiger partial charge on any atom is -0.395 e. The van der Waals surface area contributed by atoms with E-state index in [4.69, 9.17) is 46.3 Å². The van der Waals surface area contributed by atoms with Crippen molar-refractivity contribution in [2.24, 2.45) is 5.92 Å². The van der Waals surface area contributed by atoms with Gasteiger partial charge >= 0.3 is 13.9 Å². The molecule has 7 N–H and O–H groups in total. The molecular weight excluding hydrogens is 725 g/mol. The number of ether oxygens (including phenoxy) is 2. The van der Waals surface area contributed by atoms with Crippen molar-refractivity contribution in [1.82, 2.24) is 39.0 Å². The van der Waals surface area contributed by atoms with E-state index in [0.29, 0.717) is 11.2 Å². The number of aliphatic hydroxyl groups excluding tert-OH is 1. The first-order chi connectivity index (χ1) is 22.4. The van der Waals surface area contributed by atoms with Crippen molar-refractivity contribution in [3.05, 3.63) is 29.3 Å². The van der Waals surface area contributed by atoms with Crippen LogP contribution >= 0.6 is 38.0 Å². The van der Waals surface area contributed by atoms with Gasteiger partial charge < -0.3 is 35.5 Å². The summed E-state index contributed by atoms with van der Waals surface area (Å²) in [5.41, 5.74) is 10.6. The van der Waals surface area contributed by atoms with Crippen molar-refractivity contribution < 1.29 is 42.0 Å². The molecule has 8 rings (SSSR count). The van der Waals surface area contributed by atoms with Crippen LogP contribution in [0.2, 0.25) is 0 Å². The summed E-state index contributed by atoms with van der Waals surface area (Å²) >= 11 is 10.2. The molecule has 0 radical (unpaired) electrons. The number of fused-ring (bicyclic) bond motifs is 2. The molecule has 25 heteroatoms. The van der Waals surface area contributed by atoms with E-state index in [1.165, 1.54) is 23.5 Å². The molecule has 47 heavy (non-hydrogen) atoms. The Kier molecular flexibility index (Phi) is 7.49. The van der Waals surface area contributed by atoms with Crippen LogP contribution in [0.1, 0.15) is 18.0 Å². The number of halogens is 1. The third-order valence-electron chi connectivity index (χ3n) is 8.68. The third-order valence-corrected chi connectivity index (χ3v) is 12.5. The van der Waals surface area contributed by atoms with Crippen LogP contribution in [0, 0.1) is 5.92 Å². The van der Waals surface area contributed by atoms with Crippen molar-refractivity contribution >= 4 is 83.9 Å². The molecule has 3 aliphatic heterocycles. The molecule has 7 heterocycles. The quantitative estimate of drug-likeness (QED) is 0.0961. The van der Waals surface area contributed by atoms with Crippen molar-refractivity contribution in [3.8, 4) is 0 Å². The van der Waals surface area contributed by atoms with Gasteiger partial charge in [-0.2, -0.15) is 4.98 Å². The first-order valence-electron chi connectivity index (χ1n) is 13.8. The zero-order chi connectivity index (χ0) is 33.0. The maximum atomic E-state index is 15.7. The molecule has 3 saturated heterocycles. The van der Waals surface area contributed by atoms with Crippen LogP contribution in [0.15, 0.2) is 23.8 Å². The van der Waals surface area contributed by atoms with Gasteiger partial charge in [-0.05, 0) is 16.4 Å². The number of aliphatic hydroxyl groups is 1. The molecule has 4 fully saturated rings. The van der Waals surface area contributed by atoms with Crippen molar-refractivity contribution in [3.63, 3.8) is 0 Å². The summed E-state index contributed by atoms with van der Waals surface area (Å²) in [6.45, 7) is -5.14. The second-order valence-electron chi connectivity index (χ2n) is 11.3. The lowest BCUT2D eigenvalue weighted by Crippen LogP contribution is -2.77. The summed E-state index contributed by atoms with van der Waals surface area (Å²) in [7, 11) is -2.36. The van der Waals surface area contributed by atoms with Crippen LogP contribution in [0.3, 0.4) is 0 Å². The number of nitrogens with zero attached hydrogens (tertiary/aromatic N) is 7. The molecule has 3 unspecified atom stereocenters. The highest BCUT2D eigenvalue weighted by molar-refractivity contribution is 8.39. The number of alkyl halides is 1. The van der Waals surface area contributed by atoms with E-state index in [1.807, 2.05) is 0 Å². The molecule has 1 aliphatic carbocycles. The summed E-state index contributed by atoms with van der Waals surface area (Å²) in [5.74, 6) is -1.86. The zero-order valence-corrected chi connectivity index (χ0v) is 27.8. The maximum Gasteiger partial charge on any atom is 0.585 e. The number of anilines is 2. The minimum atomic E-state index is -4.24. The van der Waals surface area contributed by atoms with Crippen LogP contribution in [-0.4, -0.2) is 97.3 Å². The van der Waals surface area contributed by atoms with Gasteiger partial charge in [0.05, 0.1) is 37.0 Å². The number of thiol groups is 1. The van der Waals surface area contributed by atoms with Crippen molar-refractivity contribution in [2.75, 3.05) is 24.7 Å². The number of rotatable bonds is 10. The van der Waals surface area contributed by atoms with E-state index in [1.54, 1.807) is 4.57 Å². The number of hydrogen-bond acceptors (Lipinski definition) is 17. The molecule has 0 spiro atoms. The smallest absolute Gasteiger partial charge is 0.395 e. The molecular formula is C22H24FN10O9P2S3+. The highest BCUT2D eigenvalue weighted by atomic mass is 32.7. The molecule has 11 atom stereocenters. The van der Waals surface area contributed by atoms with E-state index < -0.39 is 78.7 Å². The van der Waals surface area contributed by atoms with E-state index in [-0.39, 0.29) is 36.0 Å². The molecule has 0 aromatic carbocycles. The Balaban J connectivity index is 1.05. The van der Waals surface area contributed by atoms with Gasteiger partial charge in [0.1, 0.15) is 53.4 Å². The van der Waals surface area contributed by atoms with Crippen molar-refractivity contribution in [1.29, 1.82) is 0 Å². The van der Waals surface area contributed by atoms with Crippen LogP contribution < -0.4 is 17.0 Å². The van der Waals surface area contributed by atoms with E-state index in [9.17, 15) is 19.4 Å².